The first kappa shape index (κ1) is 22.2. The maximum atomic E-state index is 11.7. The fourth-order valence-corrected chi connectivity index (χ4v) is 3.34. The van der Waals surface area contributed by atoms with Crippen LogP contribution in [0.1, 0.15) is 89.0 Å². The zero-order valence-corrected chi connectivity index (χ0v) is 17.3. The minimum Gasteiger partial charge on any atom is -0.461 e. The number of carbonyl (C=O) groups excluding carboxylic acids is 1. The first-order chi connectivity index (χ1) is 12.3. The van der Waals surface area contributed by atoms with Crippen LogP contribution in [0, 0.1) is 0 Å². The molecular formula is C22H35BrO2. The standard InChI is InChI=1S/C22H35BrO2/c23-19-15-10-8-6-4-2-1-3-5-7-9-14-18-22(24)25-20-21-16-12-11-13-17-21/h11-13,16-17H,1-10,14-15,18-20H2. The summed E-state index contributed by atoms with van der Waals surface area (Å²) in [7, 11) is 0. The average Bonchev–Trinajstić information content (AvgIpc) is 2.64. The molecule has 0 aliphatic carbocycles. The van der Waals surface area contributed by atoms with E-state index >= 15 is 0 Å². The maximum absolute atomic E-state index is 11.7. The number of alkyl halides is 1. The van der Waals surface area contributed by atoms with Gasteiger partial charge in [0.1, 0.15) is 6.61 Å². The molecule has 0 atom stereocenters. The molecule has 3 heteroatoms. The average molecular weight is 411 g/mol. The van der Waals surface area contributed by atoms with Crippen molar-refractivity contribution in [2.45, 2.75) is 90.1 Å². The Labute approximate surface area is 162 Å². The molecule has 0 heterocycles. The highest BCUT2D eigenvalue weighted by Crippen LogP contribution is 2.13. The normalized spacial score (nSPS) is 10.8. The number of esters is 1. The van der Waals surface area contributed by atoms with Crippen LogP contribution in [0.25, 0.3) is 0 Å². The fraction of sp³-hybridized carbons (Fsp3) is 0.682. The van der Waals surface area contributed by atoms with E-state index in [0.717, 1.165) is 23.7 Å². The Kier molecular flexibility index (Phi) is 14.8. The summed E-state index contributed by atoms with van der Waals surface area (Å²) in [5.74, 6) is -0.0660. The first-order valence-corrected chi connectivity index (χ1v) is 11.2. The van der Waals surface area contributed by atoms with Crippen LogP contribution in [0.2, 0.25) is 0 Å². The fourth-order valence-electron chi connectivity index (χ4n) is 2.94. The number of rotatable bonds is 16. The topological polar surface area (TPSA) is 26.3 Å². The van der Waals surface area contributed by atoms with Crippen molar-refractivity contribution in [2.75, 3.05) is 5.33 Å². The number of benzene rings is 1. The molecule has 0 bridgehead atoms. The molecule has 1 aromatic carbocycles. The third-order valence-corrected chi connectivity index (χ3v) is 5.07. The lowest BCUT2D eigenvalue weighted by Crippen LogP contribution is -2.04. The van der Waals surface area contributed by atoms with Crippen LogP contribution in [0.15, 0.2) is 30.3 Å². The maximum Gasteiger partial charge on any atom is 0.306 e. The van der Waals surface area contributed by atoms with Gasteiger partial charge in [-0.05, 0) is 18.4 Å². The molecule has 0 spiro atoms. The Hall–Kier alpha value is -0.830. The Morgan fingerprint density at radius 1 is 0.720 bits per heavy atom. The second kappa shape index (κ2) is 16.6. The third kappa shape index (κ3) is 14.1. The highest BCUT2D eigenvalue weighted by Gasteiger charge is 2.03. The number of hydrogen-bond donors (Lipinski definition) is 0. The van der Waals surface area contributed by atoms with E-state index in [1.165, 1.54) is 64.2 Å². The molecule has 0 aromatic heterocycles. The predicted octanol–water partition coefficient (Wildman–Crippen LogP) is 7.20. The largest absolute Gasteiger partial charge is 0.461 e. The van der Waals surface area contributed by atoms with Crippen molar-refractivity contribution in [3.63, 3.8) is 0 Å². The van der Waals surface area contributed by atoms with Crippen molar-refractivity contribution >= 4 is 21.9 Å². The molecular weight excluding hydrogens is 376 g/mol. The number of unbranched alkanes of at least 4 members (excludes halogenated alkanes) is 11. The zero-order chi connectivity index (χ0) is 18.0. The predicted molar refractivity (Wildman–Crippen MR) is 110 cm³/mol. The van der Waals surface area contributed by atoms with Gasteiger partial charge in [-0.2, -0.15) is 0 Å². The van der Waals surface area contributed by atoms with Crippen molar-refractivity contribution in [3.05, 3.63) is 35.9 Å². The van der Waals surface area contributed by atoms with Crippen molar-refractivity contribution in [2.24, 2.45) is 0 Å². The van der Waals surface area contributed by atoms with Gasteiger partial charge in [-0.3, -0.25) is 4.79 Å². The van der Waals surface area contributed by atoms with Crippen LogP contribution in [0.4, 0.5) is 0 Å². The number of carbonyl (C=O) groups is 1. The van der Waals surface area contributed by atoms with Gasteiger partial charge in [-0.25, -0.2) is 0 Å². The minimum atomic E-state index is -0.0660. The smallest absolute Gasteiger partial charge is 0.306 e. The lowest BCUT2D eigenvalue weighted by Gasteiger charge is -2.05. The van der Waals surface area contributed by atoms with Gasteiger partial charge in [0, 0.05) is 11.8 Å². The van der Waals surface area contributed by atoms with Gasteiger partial charge < -0.3 is 4.74 Å². The summed E-state index contributed by atoms with van der Waals surface area (Å²) >= 11 is 3.48. The van der Waals surface area contributed by atoms with E-state index in [1.807, 2.05) is 30.3 Å². The second-order valence-corrected chi connectivity index (χ2v) is 7.62. The van der Waals surface area contributed by atoms with E-state index in [1.54, 1.807) is 0 Å². The van der Waals surface area contributed by atoms with Crippen molar-refractivity contribution in [1.82, 2.24) is 0 Å². The number of halogens is 1. The molecule has 0 unspecified atom stereocenters. The van der Waals surface area contributed by atoms with E-state index in [4.69, 9.17) is 4.74 Å². The van der Waals surface area contributed by atoms with Gasteiger partial charge in [-0.1, -0.05) is 110 Å². The van der Waals surface area contributed by atoms with Crippen molar-refractivity contribution in [3.8, 4) is 0 Å². The molecule has 25 heavy (non-hydrogen) atoms. The highest BCUT2D eigenvalue weighted by molar-refractivity contribution is 9.09. The molecule has 0 fully saturated rings. The summed E-state index contributed by atoms with van der Waals surface area (Å²) in [4.78, 5) is 11.7. The molecule has 0 aliphatic heterocycles. The molecule has 0 amide bonds. The van der Waals surface area contributed by atoms with Gasteiger partial charge >= 0.3 is 5.97 Å². The van der Waals surface area contributed by atoms with E-state index in [-0.39, 0.29) is 5.97 Å². The van der Waals surface area contributed by atoms with Crippen LogP contribution in [-0.4, -0.2) is 11.3 Å². The molecule has 0 N–H and O–H groups in total. The van der Waals surface area contributed by atoms with Gasteiger partial charge in [0.25, 0.3) is 0 Å². The molecule has 2 nitrogen and oxygen atoms in total. The number of ether oxygens (including phenoxy) is 1. The van der Waals surface area contributed by atoms with Crippen LogP contribution < -0.4 is 0 Å². The van der Waals surface area contributed by atoms with E-state index in [0.29, 0.717) is 13.0 Å². The summed E-state index contributed by atoms with van der Waals surface area (Å²) < 4.78 is 5.29. The zero-order valence-electron chi connectivity index (χ0n) is 15.7. The van der Waals surface area contributed by atoms with Gasteiger partial charge in [0.2, 0.25) is 0 Å². The molecule has 0 radical (unpaired) electrons. The summed E-state index contributed by atoms with van der Waals surface area (Å²) in [6.07, 6.45) is 16.2. The second-order valence-electron chi connectivity index (χ2n) is 6.83. The van der Waals surface area contributed by atoms with Crippen molar-refractivity contribution in [1.29, 1.82) is 0 Å². The van der Waals surface area contributed by atoms with E-state index < -0.39 is 0 Å². The van der Waals surface area contributed by atoms with Crippen LogP contribution in [-0.2, 0) is 16.1 Å². The monoisotopic (exact) mass is 410 g/mol. The Bertz CT molecular complexity index is 419. The third-order valence-electron chi connectivity index (χ3n) is 4.51. The van der Waals surface area contributed by atoms with E-state index in [2.05, 4.69) is 15.9 Å². The summed E-state index contributed by atoms with van der Waals surface area (Å²) in [6, 6.07) is 9.87. The first-order valence-electron chi connectivity index (χ1n) is 10.1. The molecule has 0 aliphatic rings. The summed E-state index contributed by atoms with van der Waals surface area (Å²) in [6.45, 7) is 0.399. The Balaban J connectivity index is 1.80. The molecule has 0 saturated heterocycles. The van der Waals surface area contributed by atoms with Gasteiger partial charge in [0.15, 0.2) is 0 Å². The molecule has 1 aromatic rings. The van der Waals surface area contributed by atoms with E-state index in [9.17, 15) is 4.79 Å². The SMILES string of the molecule is O=C(CCCCCCCCCCCCCCBr)OCc1ccccc1. The summed E-state index contributed by atoms with van der Waals surface area (Å²) in [5, 5.41) is 1.15. The van der Waals surface area contributed by atoms with Crippen LogP contribution in [0.5, 0.6) is 0 Å². The van der Waals surface area contributed by atoms with Gasteiger partial charge in [-0.15, -0.1) is 0 Å². The lowest BCUT2D eigenvalue weighted by molar-refractivity contribution is -0.145. The molecule has 0 saturated carbocycles. The number of hydrogen-bond acceptors (Lipinski definition) is 2. The van der Waals surface area contributed by atoms with Crippen LogP contribution in [0.3, 0.4) is 0 Å². The lowest BCUT2D eigenvalue weighted by atomic mass is 10.0. The Morgan fingerprint density at radius 3 is 1.72 bits per heavy atom. The highest BCUT2D eigenvalue weighted by atomic mass is 79.9. The Morgan fingerprint density at radius 2 is 1.20 bits per heavy atom. The molecule has 142 valence electrons. The van der Waals surface area contributed by atoms with Gasteiger partial charge in [0.05, 0.1) is 0 Å². The van der Waals surface area contributed by atoms with Crippen molar-refractivity contribution < 1.29 is 9.53 Å². The quantitative estimate of drug-likeness (QED) is 0.163. The van der Waals surface area contributed by atoms with Crippen LogP contribution >= 0.6 is 15.9 Å². The minimum absolute atomic E-state index is 0.0660. The molecule has 1 rings (SSSR count). The summed E-state index contributed by atoms with van der Waals surface area (Å²) in [5.41, 5.74) is 1.05.